The van der Waals surface area contributed by atoms with Crippen molar-refractivity contribution < 1.29 is 13.0 Å². The van der Waals surface area contributed by atoms with Gasteiger partial charge in [-0.2, -0.15) is 8.42 Å². The summed E-state index contributed by atoms with van der Waals surface area (Å²) in [4.78, 5) is 0.140. The van der Waals surface area contributed by atoms with E-state index in [-0.39, 0.29) is 4.90 Å². The lowest BCUT2D eigenvalue weighted by Crippen LogP contribution is -2.08. The third kappa shape index (κ3) is 6.32. The SMILES string of the molecule is CCCCCCCc1c(CCCCCC)cc2ccccc2c1S(=O)(=O)O. The molecule has 0 saturated carbocycles. The number of hydrogen-bond acceptors (Lipinski definition) is 2. The number of aryl methyl sites for hydroxylation is 1. The molecule has 0 amide bonds. The highest BCUT2D eigenvalue weighted by atomic mass is 32.2. The van der Waals surface area contributed by atoms with Gasteiger partial charge in [0.25, 0.3) is 10.1 Å². The largest absolute Gasteiger partial charge is 0.295 e. The van der Waals surface area contributed by atoms with Gasteiger partial charge >= 0.3 is 0 Å². The lowest BCUT2D eigenvalue weighted by atomic mass is 9.93. The maximum absolute atomic E-state index is 12.3. The minimum atomic E-state index is -4.27. The molecule has 1 N–H and O–H groups in total. The molecule has 0 aromatic heterocycles. The fourth-order valence-electron chi connectivity index (χ4n) is 3.85. The zero-order chi connectivity index (χ0) is 19.7. The molecule has 0 radical (unpaired) electrons. The zero-order valence-corrected chi connectivity index (χ0v) is 17.7. The van der Waals surface area contributed by atoms with Gasteiger partial charge in [0.2, 0.25) is 0 Å². The van der Waals surface area contributed by atoms with Gasteiger partial charge in [-0.25, -0.2) is 0 Å². The van der Waals surface area contributed by atoms with Gasteiger partial charge in [0, 0.05) is 5.39 Å². The molecule has 0 bridgehead atoms. The Bertz CT molecular complexity index is 825. The number of fused-ring (bicyclic) bond motifs is 1. The van der Waals surface area contributed by atoms with Crippen LogP contribution >= 0.6 is 0 Å². The minimum Gasteiger partial charge on any atom is -0.282 e. The fraction of sp³-hybridized carbons (Fsp3) is 0.565. The molecule has 4 heteroatoms. The van der Waals surface area contributed by atoms with Crippen molar-refractivity contribution in [1.82, 2.24) is 0 Å². The van der Waals surface area contributed by atoms with Crippen molar-refractivity contribution in [2.45, 2.75) is 89.4 Å². The molecule has 0 saturated heterocycles. The van der Waals surface area contributed by atoms with Gasteiger partial charge in [-0.05, 0) is 42.2 Å². The molecule has 0 unspecified atom stereocenters. The predicted molar refractivity (Wildman–Crippen MR) is 114 cm³/mol. The average molecular weight is 391 g/mol. The average Bonchev–Trinajstić information content (AvgIpc) is 2.63. The first-order valence-electron chi connectivity index (χ1n) is 10.5. The Balaban J connectivity index is 2.41. The second-order valence-electron chi connectivity index (χ2n) is 7.51. The van der Waals surface area contributed by atoms with Crippen molar-refractivity contribution in [3.05, 3.63) is 41.5 Å². The predicted octanol–water partition coefficient (Wildman–Crippen LogP) is 6.72. The molecule has 0 atom stereocenters. The van der Waals surface area contributed by atoms with Gasteiger partial charge in [0.1, 0.15) is 4.90 Å². The summed E-state index contributed by atoms with van der Waals surface area (Å²) in [6.07, 6.45) is 11.8. The highest BCUT2D eigenvalue weighted by Crippen LogP contribution is 2.32. The molecule has 3 nitrogen and oxygen atoms in total. The highest BCUT2D eigenvalue weighted by molar-refractivity contribution is 7.86. The lowest BCUT2D eigenvalue weighted by Gasteiger charge is -2.17. The molecule has 27 heavy (non-hydrogen) atoms. The molecule has 0 aliphatic carbocycles. The van der Waals surface area contributed by atoms with E-state index in [0.717, 1.165) is 48.6 Å². The molecule has 2 aromatic carbocycles. The summed E-state index contributed by atoms with van der Waals surface area (Å²) < 4.78 is 34.6. The van der Waals surface area contributed by atoms with Crippen molar-refractivity contribution in [3.63, 3.8) is 0 Å². The standard InChI is InChI=1S/C23H34O3S/c1-3-5-7-9-11-16-21-19(14-10-8-6-4-2)18-20-15-12-13-17-22(20)23(21)27(24,25)26/h12-13,15,17-18H,3-11,14,16H2,1-2H3,(H,24,25,26). The quantitative estimate of drug-likeness (QED) is 0.323. The van der Waals surface area contributed by atoms with Gasteiger partial charge in [-0.15, -0.1) is 0 Å². The van der Waals surface area contributed by atoms with Crippen LogP contribution in [0.3, 0.4) is 0 Å². The summed E-state index contributed by atoms with van der Waals surface area (Å²) in [6, 6.07) is 9.63. The Labute approximate surface area is 164 Å². The molecule has 0 aliphatic rings. The van der Waals surface area contributed by atoms with Crippen LogP contribution < -0.4 is 0 Å². The molecule has 2 rings (SSSR count). The Kier molecular flexibility index (Phi) is 8.78. The van der Waals surface area contributed by atoms with Gasteiger partial charge in [-0.1, -0.05) is 89.1 Å². The number of hydrogen-bond donors (Lipinski definition) is 1. The molecule has 150 valence electrons. The topological polar surface area (TPSA) is 54.4 Å². The van der Waals surface area contributed by atoms with Crippen molar-refractivity contribution in [2.75, 3.05) is 0 Å². The van der Waals surface area contributed by atoms with Crippen LogP contribution in [0.25, 0.3) is 10.8 Å². The molecule has 0 heterocycles. The summed E-state index contributed by atoms with van der Waals surface area (Å²) in [7, 11) is -4.27. The van der Waals surface area contributed by atoms with E-state index in [1.54, 1.807) is 6.07 Å². The summed E-state index contributed by atoms with van der Waals surface area (Å²) in [6.45, 7) is 4.38. The number of benzene rings is 2. The maximum atomic E-state index is 12.3. The smallest absolute Gasteiger partial charge is 0.282 e. The summed E-state index contributed by atoms with van der Waals surface area (Å²) in [5.41, 5.74) is 1.93. The van der Waals surface area contributed by atoms with Crippen molar-refractivity contribution in [1.29, 1.82) is 0 Å². The third-order valence-corrected chi connectivity index (χ3v) is 6.27. The van der Waals surface area contributed by atoms with E-state index < -0.39 is 10.1 Å². The first-order valence-corrected chi connectivity index (χ1v) is 11.9. The highest BCUT2D eigenvalue weighted by Gasteiger charge is 2.22. The second-order valence-corrected chi connectivity index (χ2v) is 8.87. The van der Waals surface area contributed by atoms with Crippen molar-refractivity contribution >= 4 is 20.9 Å². The molecule has 0 fully saturated rings. The van der Waals surface area contributed by atoms with Crippen LogP contribution in [0.5, 0.6) is 0 Å². The van der Waals surface area contributed by atoms with Crippen LogP contribution in [0.1, 0.15) is 82.8 Å². The zero-order valence-electron chi connectivity index (χ0n) is 16.8. The first kappa shape index (κ1) is 21.9. The normalized spacial score (nSPS) is 12.0. The van der Waals surface area contributed by atoms with Gasteiger partial charge < -0.3 is 0 Å². The van der Waals surface area contributed by atoms with E-state index in [1.807, 2.05) is 18.2 Å². The van der Waals surface area contributed by atoms with Crippen LogP contribution in [0.2, 0.25) is 0 Å². The molecular formula is C23H34O3S. The van der Waals surface area contributed by atoms with Crippen LogP contribution in [0, 0.1) is 0 Å². The van der Waals surface area contributed by atoms with E-state index in [1.165, 1.54) is 32.1 Å². The molecule has 0 spiro atoms. The van der Waals surface area contributed by atoms with Gasteiger partial charge in [0.05, 0.1) is 0 Å². The van der Waals surface area contributed by atoms with E-state index >= 15 is 0 Å². The van der Waals surface area contributed by atoms with Crippen LogP contribution in [-0.2, 0) is 23.0 Å². The first-order chi connectivity index (χ1) is 13.0. The number of rotatable bonds is 12. The maximum Gasteiger partial charge on any atom is 0.295 e. The molecule has 0 aliphatic heterocycles. The van der Waals surface area contributed by atoms with E-state index in [2.05, 4.69) is 19.9 Å². The Morgan fingerprint density at radius 1 is 0.815 bits per heavy atom. The molecule has 2 aromatic rings. The van der Waals surface area contributed by atoms with Gasteiger partial charge in [-0.3, -0.25) is 4.55 Å². The van der Waals surface area contributed by atoms with E-state index in [4.69, 9.17) is 0 Å². The van der Waals surface area contributed by atoms with Crippen LogP contribution in [0.4, 0.5) is 0 Å². The van der Waals surface area contributed by atoms with E-state index in [9.17, 15) is 13.0 Å². The lowest BCUT2D eigenvalue weighted by molar-refractivity contribution is 0.482. The summed E-state index contributed by atoms with van der Waals surface area (Å²) in [5.74, 6) is 0. The van der Waals surface area contributed by atoms with Crippen LogP contribution in [0.15, 0.2) is 35.2 Å². The minimum absolute atomic E-state index is 0.140. The molecular weight excluding hydrogens is 356 g/mol. The Morgan fingerprint density at radius 3 is 2.07 bits per heavy atom. The van der Waals surface area contributed by atoms with Crippen LogP contribution in [-0.4, -0.2) is 13.0 Å². The second kappa shape index (κ2) is 10.8. The summed E-state index contributed by atoms with van der Waals surface area (Å²) in [5, 5.41) is 1.53. The Morgan fingerprint density at radius 2 is 1.41 bits per heavy atom. The summed E-state index contributed by atoms with van der Waals surface area (Å²) >= 11 is 0. The van der Waals surface area contributed by atoms with Crippen molar-refractivity contribution in [3.8, 4) is 0 Å². The van der Waals surface area contributed by atoms with Gasteiger partial charge in [0.15, 0.2) is 0 Å². The Hall–Kier alpha value is -1.39. The van der Waals surface area contributed by atoms with E-state index in [0.29, 0.717) is 11.8 Å². The fourth-order valence-corrected chi connectivity index (χ4v) is 4.86. The third-order valence-electron chi connectivity index (χ3n) is 5.28. The number of unbranched alkanes of at least 4 members (excludes halogenated alkanes) is 7. The van der Waals surface area contributed by atoms with Crippen molar-refractivity contribution in [2.24, 2.45) is 0 Å². The monoisotopic (exact) mass is 390 g/mol.